The highest BCUT2D eigenvalue weighted by molar-refractivity contribution is 6.01. The van der Waals surface area contributed by atoms with E-state index >= 15 is 0 Å². The zero-order valence-electron chi connectivity index (χ0n) is 20.7. The molecule has 0 unspecified atom stereocenters. The van der Waals surface area contributed by atoms with Crippen LogP contribution in [0.2, 0.25) is 0 Å². The van der Waals surface area contributed by atoms with Crippen molar-refractivity contribution in [3.05, 3.63) is 65.6 Å². The van der Waals surface area contributed by atoms with E-state index in [0.717, 1.165) is 18.6 Å². The van der Waals surface area contributed by atoms with Crippen LogP contribution in [0.4, 0.5) is 30.2 Å². The van der Waals surface area contributed by atoms with Gasteiger partial charge < -0.3 is 20.7 Å². The summed E-state index contributed by atoms with van der Waals surface area (Å²) < 4.78 is 46.7. The van der Waals surface area contributed by atoms with Crippen LogP contribution in [0.25, 0.3) is 0 Å². The lowest BCUT2D eigenvalue weighted by Gasteiger charge is -2.18. The molecule has 0 saturated heterocycles. The molecule has 2 rings (SSSR count). The van der Waals surface area contributed by atoms with Crippen LogP contribution in [0.5, 0.6) is 5.88 Å². The summed E-state index contributed by atoms with van der Waals surface area (Å²) in [4.78, 5) is 23.9. The van der Waals surface area contributed by atoms with Crippen molar-refractivity contribution < 1.29 is 22.7 Å². The van der Waals surface area contributed by atoms with Gasteiger partial charge in [-0.25, -0.2) is 9.98 Å². The molecule has 192 valence electrons. The Kier molecular flexibility index (Phi) is 9.37. The Morgan fingerprint density at radius 3 is 2.39 bits per heavy atom. The Morgan fingerprint density at radius 2 is 1.81 bits per heavy atom. The number of carbonyl (C=O) groups is 1. The first-order valence-corrected chi connectivity index (χ1v) is 10.9. The number of carbonyl (C=O) groups excluding carboxylic acids is 1. The highest BCUT2D eigenvalue weighted by Crippen LogP contribution is 2.32. The first kappa shape index (κ1) is 28.1. The van der Waals surface area contributed by atoms with Crippen molar-refractivity contribution in [2.75, 3.05) is 16.0 Å². The summed E-state index contributed by atoms with van der Waals surface area (Å²) in [6.07, 6.45) is -2.22. The van der Waals surface area contributed by atoms with Crippen LogP contribution in [0.15, 0.2) is 64.5 Å². The van der Waals surface area contributed by atoms with E-state index in [1.54, 1.807) is 38.2 Å². The van der Waals surface area contributed by atoms with E-state index in [1.165, 1.54) is 6.07 Å². The van der Waals surface area contributed by atoms with Gasteiger partial charge in [-0.15, -0.1) is 0 Å². The van der Waals surface area contributed by atoms with Crippen molar-refractivity contribution in [3.63, 3.8) is 0 Å². The molecule has 0 aliphatic carbocycles. The van der Waals surface area contributed by atoms with E-state index in [0.29, 0.717) is 17.1 Å². The number of halogens is 3. The number of hydrogen-bond acceptors (Lipinski definition) is 5. The van der Waals surface area contributed by atoms with Gasteiger partial charge in [-0.1, -0.05) is 12.6 Å². The third-order valence-electron chi connectivity index (χ3n) is 4.70. The molecule has 36 heavy (non-hydrogen) atoms. The van der Waals surface area contributed by atoms with Gasteiger partial charge in [0.25, 0.3) is 0 Å². The number of allylic oxidation sites excluding steroid dienone is 1. The van der Waals surface area contributed by atoms with Gasteiger partial charge in [0.1, 0.15) is 5.82 Å². The summed E-state index contributed by atoms with van der Waals surface area (Å²) in [5, 5.41) is 8.12. The molecule has 0 spiro atoms. The van der Waals surface area contributed by atoms with Crippen LogP contribution in [-0.4, -0.2) is 35.8 Å². The van der Waals surface area contributed by atoms with Crippen molar-refractivity contribution >= 4 is 35.6 Å². The second kappa shape index (κ2) is 12.0. The highest BCUT2D eigenvalue weighted by atomic mass is 19.4. The number of hydrogen-bond donors (Lipinski definition) is 3. The van der Waals surface area contributed by atoms with Crippen molar-refractivity contribution in [2.24, 2.45) is 9.98 Å². The summed E-state index contributed by atoms with van der Waals surface area (Å²) >= 11 is 0. The number of nitrogens with one attached hydrogen (secondary N) is 3. The molecule has 11 heteroatoms. The number of guanidine groups is 1. The smallest absolute Gasteiger partial charge is 0.415 e. The number of amides is 1. The molecule has 1 heterocycles. The second-order valence-corrected chi connectivity index (χ2v) is 8.06. The minimum atomic E-state index is -4.70. The van der Waals surface area contributed by atoms with Gasteiger partial charge in [-0.2, -0.15) is 18.2 Å². The molecule has 0 radical (unpaired) electrons. The Morgan fingerprint density at radius 1 is 1.11 bits per heavy atom. The van der Waals surface area contributed by atoms with Gasteiger partial charge in [-0.3, -0.25) is 4.79 Å². The number of aliphatic imine (C=N–C) groups is 2. The van der Waals surface area contributed by atoms with Crippen LogP contribution in [-0.2, 0) is 4.79 Å². The number of alkyl halides is 3. The lowest BCUT2D eigenvalue weighted by atomic mass is 10.1. The van der Waals surface area contributed by atoms with E-state index in [4.69, 9.17) is 4.74 Å². The summed E-state index contributed by atoms with van der Waals surface area (Å²) in [7, 11) is 0. The Balaban J connectivity index is 2.53. The number of aromatic nitrogens is 1. The average Bonchev–Trinajstić information content (AvgIpc) is 2.80. The third kappa shape index (κ3) is 7.97. The number of nitrogens with zero attached hydrogens (tertiary/aromatic N) is 3. The topological polar surface area (TPSA) is 100 Å². The van der Waals surface area contributed by atoms with Crippen LogP contribution in [0.3, 0.4) is 0 Å². The SMILES string of the molecule is C=CC(=O)Nc1cc(C)ccc1NC(/N=C(\N=C)Nc1cc(OC(C)C)ncc1C)=C(/C)C(F)(F)F. The van der Waals surface area contributed by atoms with E-state index < -0.39 is 23.5 Å². The van der Waals surface area contributed by atoms with Gasteiger partial charge in [0.2, 0.25) is 17.7 Å². The maximum Gasteiger partial charge on any atom is 0.415 e. The lowest BCUT2D eigenvalue weighted by Crippen LogP contribution is -2.19. The normalized spacial score (nSPS) is 12.5. The first-order valence-electron chi connectivity index (χ1n) is 10.9. The van der Waals surface area contributed by atoms with Crippen LogP contribution in [0, 0.1) is 13.8 Å². The number of aryl methyl sites for hydroxylation is 2. The maximum absolute atomic E-state index is 13.7. The molecule has 1 aromatic heterocycles. The zero-order valence-corrected chi connectivity index (χ0v) is 20.7. The minimum absolute atomic E-state index is 0.128. The molecular weight excluding hydrogens is 473 g/mol. The molecule has 0 atom stereocenters. The quantitative estimate of drug-likeness (QED) is 0.234. The molecule has 0 aliphatic rings. The van der Waals surface area contributed by atoms with Gasteiger partial charge in [-0.05, 0) is 70.7 Å². The number of rotatable bonds is 8. The first-order chi connectivity index (χ1) is 16.8. The molecule has 0 saturated carbocycles. The van der Waals surface area contributed by atoms with E-state index in [2.05, 4.69) is 44.2 Å². The summed E-state index contributed by atoms with van der Waals surface area (Å²) in [5.74, 6) is -0.938. The molecule has 8 nitrogen and oxygen atoms in total. The summed E-state index contributed by atoms with van der Waals surface area (Å²) in [6, 6.07) is 6.41. The van der Waals surface area contributed by atoms with Crippen molar-refractivity contribution in [3.8, 4) is 5.88 Å². The fraction of sp³-hybridized carbons (Fsp3) is 0.280. The Labute approximate surface area is 208 Å². The monoisotopic (exact) mass is 502 g/mol. The predicted octanol–water partition coefficient (Wildman–Crippen LogP) is 5.98. The van der Waals surface area contributed by atoms with Crippen LogP contribution < -0.4 is 20.7 Å². The molecule has 2 aromatic rings. The van der Waals surface area contributed by atoms with Crippen LogP contribution in [0.1, 0.15) is 31.9 Å². The molecule has 1 aromatic carbocycles. The number of pyridine rings is 1. The van der Waals surface area contributed by atoms with Crippen molar-refractivity contribution in [2.45, 2.75) is 46.9 Å². The van der Waals surface area contributed by atoms with Gasteiger partial charge >= 0.3 is 6.18 Å². The maximum atomic E-state index is 13.7. The van der Waals surface area contributed by atoms with Crippen molar-refractivity contribution in [1.29, 1.82) is 0 Å². The van der Waals surface area contributed by atoms with Crippen LogP contribution >= 0.6 is 0 Å². The fourth-order valence-electron chi connectivity index (χ4n) is 2.80. The molecule has 0 bridgehead atoms. The molecule has 1 amide bonds. The van der Waals surface area contributed by atoms with Gasteiger partial charge in [0.05, 0.1) is 28.7 Å². The Hall–Kier alpha value is -4.15. The van der Waals surface area contributed by atoms with E-state index in [1.807, 2.05) is 13.8 Å². The average molecular weight is 503 g/mol. The lowest BCUT2D eigenvalue weighted by molar-refractivity contribution is -0.111. The number of benzene rings is 1. The van der Waals surface area contributed by atoms with E-state index in [-0.39, 0.29) is 23.4 Å². The fourth-order valence-corrected chi connectivity index (χ4v) is 2.80. The molecular formula is C25H29F3N6O2. The molecule has 0 fully saturated rings. The van der Waals surface area contributed by atoms with Crippen molar-refractivity contribution in [1.82, 2.24) is 4.98 Å². The molecule has 3 N–H and O–H groups in total. The number of anilines is 3. The summed E-state index contributed by atoms with van der Waals surface area (Å²) in [6.45, 7) is 14.9. The largest absolute Gasteiger partial charge is 0.475 e. The number of ether oxygens (including phenoxy) is 1. The van der Waals surface area contributed by atoms with Gasteiger partial charge in [0, 0.05) is 12.3 Å². The summed E-state index contributed by atoms with van der Waals surface area (Å²) in [5.41, 5.74) is 1.37. The third-order valence-corrected chi connectivity index (χ3v) is 4.70. The Bertz CT molecular complexity index is 1200. The minimum Gasteiger partial charge on any atom is -0.475 e. The predicted molar refractivity (Wildman–Crippen MR) is 138 cm³/mol. The highest BCUT2D eigenvalue weighted by Gasteiger charge is 2.33. The second-order valence-electron chi connectivity index (χ2n) is 8.06. The standard InChI is InChI=1S/C25H29F3N6O2/c1-8-21(35)31-20-11-15(4)9-10-18(20)32-23(17(6)25(26,27)28)34-24(29-7)33-19-12-22(36-14(2)3)30-13-16(19)5/h8-14,32H,1,7H2,2-6H3,(H,31,35)(H,30,33,34)/b23-17+. The van der Waals surface area contributed by atoms with Gasteiger partial charge in [0.15, 0.2) is 0 Å². The molecule has 0 aliphatic heterocycles. The zero-order chi connectivity index (χ0) is 27.0. The van der Waals surface area contributed by atoms with E-state index in [9.17, 15) is 18.0 Å².